The van der Waals surface area contributed by atoms with Crippen LogP contribution < -0.4 is 4.90 Å². The molecular formula is C29H33F3N6O5S. The summed E-state index contributed by atoms with van der Waals surface area (Å²) in [5, 5.41) is 6.84. The molecule has 0 atom stereocenters. The first-order valence-electron chi connectivity index (χ1n) is 14.5. The molecule has 0 spiro atoms. The number of anilines is 1. The SMILES string of the molecule is O=C(N1CCS(=O)(=O)CC1)N(Cc1ccc(-c2nnc(C(F)F)o2)cc1F)c1ccc(CN2CCN(C3COC3)CC2)cc1. The number of nitrogens with zero attached hydrogens (tertiary/aromatic N) is 6. The number of benzene rings is 2. The first kappa shape index (κ1) is 30.5. The maximum atomic E-state index is 15.3. The van der Waals surface area contributed by atoms with Crippen LogP contribution in [-0.4, -0.2) is 109 Å². The lowest BCUT2D eigenvalue weighted by atomic mass is 10.1. The number of amides is 2. The number of hydrogen-bond donors (Lipinski definition) is 0. The number of hydrogen-bond acceptors (Lipinski definition) is 9. The number of halogens is 3. The van der Waals surface area contributed by atoms with Gasteiger partial charge in [-0.15, -0.1) is 10.2 Å². The fourth-order valence-corrected chi connectivity index (χ4v) is 6.72. The van der Waals surface area contributed by atoms with Crippen molar-refractivity contribution in [2.45, 2.75) is 25.6 Å². The van der Waals surface area contributed by atoms with Gasteiger partial charge in [-0.1, -0.05) is 18.2 Å². The van der Waals surface area contributed by atoms with Crippen LogP contribution in [0.3, 0.4) is 0 Å². The van der Waals surface area contributed by atoms with Gasteiger partial charge in [0.2, 0.25) is 5.89 Å². The molecule has 236 valence electrons. The average molecular weight is 635 g/mol. The molecule has 0 unspecified atom stereocenters. The summed E-state index contributed by atoms with van der Waals surface area (Å²) in [7, 11) is -3.22. The predicted octanol–water partition coefficient (Wildman–Crippen LogP) is 3.19. The van der Waals surface area contributed by atoms with Gasteiger partial charge in [0.25, 0.3) is 5.89 Å². The second-order valence-corrected chi connectivity index (χ2v) is 13.5. The van der Waals surface area contributed by atoms with Crippen LogP contribution >= 0.6 is 0 Å². The summed E-state index contributed by atoms with van der Waals surface area (Å²) in [5.74, 6) is -2.08. The van der Waals surface area contributed by atoms with Crippen LogP contribution in [0.2, 0.25) is 0 Å². The van der Waals surface area contributed by atoms with Crippen LogP contribution in [0, 0.1) is 5.82 Å². The van der Waals surface area contributed by atoms with E-state index in [-0.39, 0.29) is 48.2 Å². The Labute approximate surface area is 253 Å². The van der Waals surface area contributed by atoms with Gasteiger partial charge in [0.05, 0.1) is 37.3 Å². The summed E-state index contributed by atoms with van der Waals surface area (Å²) in [6.07, 6.45) is -2.95. The highest BCUT2D eigenvalue weighted by Gasteiger charge is 2.31. The number of carbonyl (C=O) groups excluding carboxylic acids is 1. The molecule has 3 aromatic rings. The minimum absolute atomic E-state index is 0.0414. The van der Waals surface area contributed by atoms with Gasteiger partial charge in [0, 0.05) is 62.6 Å². The van der Waals surface area contributed by atoms with E-state index >= 15 is 4.39 Å². The second-order valence-electron chi connectivity index (χ2n) is 11.2. The van der Waals surface area contributed by atoms with Crippen LogP contribution in [0.4, 0.5) is 23.7 Å². The molecule has 0 N–H and O–H groups in total. The number of alkyl halides is 2. The zero-order chi connectivity index (χ0) is 30.8. The topological polar surface area (TPSA) is 112 Å². The Bertz CT molecular complexity index is 1560. The number of rotatable bonds is 8. The molecule has 11 nitrogen and oxygen atoms in total. The Kier molecular flexibility index (Phi) is 8.89. The van der Waals surface area contributed by atoms with Gasteiger partial charge in [-0.3, -0.25) is 14.7 Å². The third-order valence-corrected chi connectivity index (χ3v) is 9.91. The molecule has 3 fully saturated rings. The van der Waals surface area contributed by atoms with Crippen molar-refractivity contribution in [2.75, 3.05) is 68.9 Å². The number of ether oxygens (including phenoxy) is 1. The molecule has 0 aliphatic carbocycles. The first-order valence-corrected chi connectivity index (χ1v) is 16.3. The number of urea groups is 1. The molecule has 3 aliphatic rings. The van der Waals surface area contributed by atoms with E-state index in [2.05, 4.69) is 20.0 Å². The van der Waals surface area contributed by atoms with E-state index in [1.54, 1.807) is 0 Å². The standard InChI is InChI=1S/C29H33F3N6O5S/c30-25-15-21(27-33-34-28(43-27)26(31)32)3-4-22(25)17-38(29(39)37-11-13-44(40,41)14-12-37)23-5-1-20(2-6-23)16-35-7-9-36(10-8-35)24-18-42-19-24/h1-6,15,24,26H,7-14,16-19H2. The van der Waals surface area contributed by atoms with Crippen LogP contribution in [0.1, 0.15) is 23.4 Å². The van der Waals surface area contributed by atoms with Gasteiger partial charge in [-0.25, -0.2) is 17.6 Å². The molecule has 1 aromatic heterocycles. The lowest BCUT2D eigenvalue weighted by Gasteiger charge is -2.42. The number of piperazine rings is 1. The smallest absolute Gasteiger partial charge is 0.324 e. The number of sulfone groups is 1. The third kappa shape index (κ3) is 6.90. The maximum Gasteiger partial charge on any atom is 0.324 e. The fraction of sp³-hybridized carbons (Fsp3) is 0.483. The van der Waals surface area contributed by atoms with Crippen molar-refractivity contribution in [2.24, 2.45) is 0 Å². The Morgan fingerprint density at radius 3 is 2.27 bits per heavy atom. The van der Waals surface area contributed by atoms with Gasteiger partial charge in [-0.05, 0) is 29.8 Å². The largest absolute Gasteiger partial charge is 0.415 e. The Morgan fingerprint density at radius 2 is 1.68 bits per heavy atom. The van der Waals surface area contributed by atoms with Crippen molar-refractivity contribution < 1.29 is 35.5 Å². The number of aromatic nitrogens is 2. The lowest BCUT2D eigenvalue weighted by Crippen LogP contribution is -2.56. The van der Waals surface area contributed by atoms with E-state index in [0.29, 0.717) is 11.7 Å². The average Bonchev–Trinajstić information content (AvgIpc) is 3.48. The molecular weight excluding hydrogens is 601 g/mol. The summed E-state index contributed by atoms with van der Waals surface area (Å²) in [6.45, 7) is 6.18. The van der Waals surface area contributed by atoms with Gasteiger partial charge >= 0.3 is 12.5 Å². The quantitative estimate of drug-likeness (QED) is 0.369. The summed E-state index contributed by atoms with van der Waals surface area (Å²) < 4.78 is 75.3. The van der Waals surface area contributed by atoms with Crippen LogP contribution in [0.5, 0.6) is 0 Å². The van der Waals surface area contributed by atoms with E-state index in [1.165, 1.54) is 21.9 Å². The number of carbonyl (C=O) groups is 1. The fourth-order valence-electron chi connectivity index (χ4n) is 5.52. The highest BCUT2D eigenvalue weighted by Crippen LogP contribution is 2.27. The first-order chi connectivity index (χ1) is 21.1. The van der Waals surface area contributed by atoms with E-state index in [1.807, 2.05) is 24.3 Å². The van der Waals surface area contributed by atoms with E-state index < -0.39 is 34.0 Å². The van der Waals surface area contributed by atoms with Crippen molar-refractivity contribution >= 4 is 21.6 Å². The Morgan fingerprint density at radius 1 is 0.977 bits per heavy atom. The van der Waals surface area contributed by atoms with Crippen LogP contribution in [0.25, 0.3) is 11.5 Å². The Balaban J connectivity index is 1.18. The van der Waals surface area contributed by atoms with Crippen molar-refractivity contribution in [3.8, 4) is 11.5 Å². The van der Waals surface area contributed by atoms with Gasteiger partial charge < -0.3 is 14.1 Å². The monoisotopic (exact) mass is 634 g/mol. The summed E-state index contributed by atoms with van der Waals surface area (Å²) in [5.41, 5.74) is 1.89. The molecule has 2 aromatic carbocycles. The van der Waals surface area contributed by atoms with Gasteiger partial charge in [0.1, 0.15) is 5.82 Å². The van der Waals surface area contributed by atoms with Crippen LogP contribution in [0.15, 0.2) is 46.9 Å². The summed E-state index contributed by atoms with van der Waals surface area (Å²) in [4.78, 5) is 21.4. The molecule has 0 radical (unpaired) electrons. The molecule has 0 saturated carbocycles. The summed E-state index contributed by atoms with van der Waals surface area (Å²) in [6, 6.07) is 11.6. The molecule has 0 bridgehead atoms. The molecule has 3 saturated heterocycles. The molecule has 4 heterocycles. The predicted molar refractivity (Wildman–Crippen MR) is 154 cm³/mol. The van der Waals surface area contributed by atoms with Gasteiger partial charge in [0.15, 0.2) is 9.84 Å². The maximum absolute atomic E-state index is 15.3. The van der Waals surface area contributed by atoms with Crippen molar-refractivity contribution in [1.82, 2.24) is 24.9 Å². The zero-order valence-electron chi connectivity index (χ0n) is 23.9. The molecule has 2 amide bonds. The second kappa shape index (κ2) is 12.8. The molecule has 3 aliphatic heterocycles. The van der Waals surface area contributed by atoms with E-state index in [9.17, 15) is 22.0 Å². The third-order valence-electron chi connectivity index (χ3n) is 8.30. The Hall–Kier alpha value is -3.53. The highest BCUT2D eigenvalue weighted by molar-refractivity contribution is 7.91. The molecule has 15 heteroatoms. The van der Waals surface area contributed by atoms with Crippen LogP contribution in [-0.2, 0) is 27.7 Å². The minimum Gasteiger partial charge on any atom is -0.415 e. The van der Waals surface area contributed by atoms with E-state index in [4.69, 9.17) is 9.15 Å². The highest BCUT2D eigenvalue weighted by atomic mass is 32.2. The zero-order valence-corrected chi connectivity index (χ0v) is 24.8. The summed E-state index contributed by atoms with van der Waals surface area (Å²) >= 11 is 0. The lowest BCUT2D eigenvalue weighted by molar-refractivity contribution is -0.0774. The van der Waals surface area contributed by atoms with Crippen molar-refractivity contribution in [3.05, 3.63) is 65.3 Å². The molecule has 44 heavy (non-hydrogen) atoms. The molecule has 6 rings (SSSR count). The van der Waals surface area contributed by atoms with Gasteiger partial charge in [-0.2, -0.15) is 8.78 Å². The van der Waals surface area contributed by atoms with Crippen molar-refractivity contribution in [1.29, 1.82) is 0 Å². The normalized spacial score (nSPS) is 19.7. The van der Waals surface area contributed by atoms with E-state index in [0.717, 1.165) is 57.6 Å². The van der Waals surface area contributed by atoms with Crippen molar-refractivity contribution in [3.63, 3.8) is 0 Å². The minimum atomic E-state index is -3.22.